The number of amides is 1. The van der Waals surface area contributed by atoms with Gasteiger partial charge in [0, 0.05) is 28.9 Å². The second-order valence-corrected chi connectivity index (χ2v) is 7.33. The first-order valence-corrected chi connectivity index (χ1v) is 10.0. The van der Waals surface area contributed by atoms with Crippen LogP contribution in [0.3, 0.4) is 0 Å². The molecule has 2 aromatic carbocycles. The Morgan fingerprint density at radius 3 is 2.48 bits per heavy atom. The fraction of sp³-hybridized carbons (Fsp3) is 0.208. The first-order valence-electron chi connectivity index (χ1n) is 10.0. The van der Waals surface area contributed by atoms with Gasteiger partial charge in [-0.1, -0.05) is 36.4 Å². The van der Waals surface area contributed by atoms with Crippen molar-refractivity contribution in [2.24, 2.45) is 0 Å². The minimum absolute atomic E-state index is 0.117. The Morgan fingerprint density at radius 1 is 1.03 bits per heavy atom. The van der Waals surface area contributed by atoms with Gasteiger partial charge in [0.05, 0.1) is 24.4 Å². The number of nitrogens with zero attached hydrogens (tertiary/aromatic N) is 3. The molecule has 7 heteroatoms. The molecule has 0 spiro atoms. The molecule has 2 heterocycles. The van der Waals surface area contributed by atoms with Crippen LogP contribution >= 0.6 is 0 Å². The van der Waals surface area contributed by atoms with E-state index in [0.717, 1.165) is 28.1 Å². The zero-order valence-corrected chi connectivity index (χ0v) is 17.8. The number of carbonyl (C=O) groups excluding carboxylic acids is 1. The molecule has 0 unspecified atom stereocenters. The van der Waals surface area contributed by atoms with E-state index in [1.54, 1.807) is 13.3 Å². The summed E-state index contributed by atoms with van der Waals surface area (Å²) in [6.07, 6.45) is 1.69. The maximum Gasteiger partial charge on any atom is 0.281 e. The van der Waals surface area contributed by atoms with Gasteiger partial charge in [0.2, 0.25) is 5.91 Å². The molecule has 4 aromatic rings. The largest absolute Gasteiger partial charge is 0.496 e. The Morgan fingerprint density at radius 2 is 1.74 bits per heavy atom. The normalized spacial score (nSPS) is 10.9. The Hall–Kier alpha value is -3.87. The molecule has 1 amide bonds. The third-order valence-electron chi connectivity index (χ3n) is 5.51. The molecule has 1 N–H and O–H groups in total. The lowest BCUT2D eigenvalue weighted by molar-refractivity contribution is -0.121. The van der Waals surface area contributed by atoms with Crippen LogP contribution in [0.25, 0.3) is 16.5 Å². The summed E-state index contributed by atoms with van der Waals surface area (Å²) in [5.41, 5.74) is 2.99. The van der Waals surface area contributed by atoms with E-state index >= 15 is 0 Å². The number of ether oxygens (including phenoxy) is 1. The van der Waals surface area contributed by atoms with Crippen molar-refractivity contribution >= 4 is 16.7 Å². The second kappa shape index (κ2) is 8.47. The third-order valence-corrected chi connectivity index (χ3v) is 5.51. The fourth-order valence-electron chi connectivity index (χ4n) is 3.84. The molecule has 0 saturated heterocycles. The summed E-state index contributed by atoms with van der Waals surface area (Å²) >= 11 is 0. The van der Waals surface area contributed by atoms with Gasteiger partial charge in [-0.05, 0) is 32.0 Å². The summed E-state index contributed by atoms with van der Waals surface area (Å²) in [4.78, 5) is 25.8. The Kier molecular flexibility index (Phi) is 5.58. The van der Waals surface area contributed by atoms with E-state index in [0.29, 0.717) is 17.6 Å². The highest BCUT2D eigenvalue weighted by Gasteiger charge is 2.18. The van der Waals surface area contributed by atoms with Crippen LogP contribution in [0.4, 0.5) is 0 Å². The van der Waals surface area contributed by atoms with Gasteiger partial charge in [-0.25, -0.2) is 0 Å². The predicted molar refractivity (Wildman–Crippen MR) is 120 cm³/mol. The molecule has 4 rings (SSSR count). The summed E-state index contributed by atoms with van der Waals surface area (Å²) in [6, 6.07) is 16.9. The number of methoxy groups -OCH3 is 1. The molecule has 0 aliphatic carbocycles. The van der Waals surface area contributed by atoms with Crippen LogP contribution in [0.5, 0.6) is 5.75 Å². The van der Waals surface area contributed by atoms with Gasteiger partial charge >= 0.3 is 0 Å². The standard InChI is InChI=1S/C24H24N4O3/c1-16-20-14-26-28(19-10-5-4-6-11-19)24(30)23(20)17(2)27(16)15-22(29)25-13-18-9-7-8-12-21(18)31-3/h4-12,14H,13,15H2,1-3H3,(H,25,29). The number of hydrogen-bond donors (Lipinski definition) is 1. The van der Waals surface area contributed by atoms with E-state index in [1.165, 1.54) is 4.68 Å². The molecule has 0 atom stereocenters. The Bertz CT molecular complexity index is 1310. The number of hydrogen-bond acceptors (Lipinski definition) is 4. The maximum atomic E-state index is 13.2. The molecule has 0 fully saturated rings. The third kappa shape index (κ3) is 3.82. The van der Waals surface area contributed by atoms with Crippen LogP contribution in [0.2, 0.25) is 0 Å². The second-order valence-electron chi connectivity index (χ2n) is 7.33. The highest BCUT2D eigenvalue weighted by molar-refractivity contribution is 5.88. The Balaban J connectivity index is 1.61. The maximum absolute atomic E-state index is 13.2. The number of rotatable bonds is 6. The van der Waals surface area contributed by atoms with Crippen molar-refractivity contribution in [1.82, 2.24) is 19.7 Å². The Labute approximate surface area is 179 Å². The SMILES string of the molecule is COc1ccccc1CNC(=O)Cn1c(C)c2cnn(-c3ccccc3)c(=O)c2c1C. The van der Waals surface area contributed by atoms with E-state index in [9.17, 15) is 9.59 Å². The number of nitrogens with one attached hydrogen (secondary N) is 1. The van der Waals surface area contributed by atoms with Crippen molar-refractivity contribution in [3.05, 3.63) is 88.1 Å². The summed E-state index contributed by atoms with van der Waals surface area (Å²) in [7, 11) is 1.61. The average molecular weight is 416 g/mol. The molecular weight excluding hydrogens is 392 g/mol. The predicted octanol–water partition coefficient (Wildman–Crippen LogP) is 3.13. The van der Waals surface area contributed by atoms with Crippen LogP contribution in [0.1, 0.15) is 17.0 Å². The van der Waals surface area contributed by atoms with Gasteiger partial charge in [-0.3, -0.25) is 9.59 Å². The number of para-hydroxylation sites is 2. The van der Waals surface area contributed by atoms with Crippen LogP contribution in [0.15, 0.2) is 65.6 Å². The number of fused-ring (bicyclic) bond motifs is 1. The minimum atomic E-state index is -0.197. The number of aryl methyl sites for hydroxylation is 2. The number of carbonyl (C=O) groups is 1. The smallest absolute Gasteiger partial charge is 0.281 e. The van der Waals surface area contributed by atoms with Crippen molar-refractivity contribution in [2.45, 2.75) is 26.9 Å². The van der Waals surface area contributed by atoms with Crippen LogP contribution in [-0.4, -0.2) is 27.4 Å². The first-order chi connectivity index (χ1) is 15.0. The first kappa shape index (κ1) is 20.4. The van der Waals surface area contributed by atoms with Gasteiger partial charge < -0.3 is 14.6 Å². The summed E-state index contributed by atoms with van der Waals surface area (Å²) < 4.78 is 8.59. The molecule has 0 radical (unpaired) electrons. The highest BCUT2D eigenvalue weighted by atomic mass is 16.5. The summed E-state index contributed by atoms with van der Waals surface area (Å²) in [6.45, 7) is 4.24. The molecular formula is C24H24N4O3. The molecule has 0 aliphatic rings. The van der Waals surface area contributed by atoms with Crippen molar-refractivity contribution in [3.63, 3.8) is 0 Å². The minimum Gasteiger partial charge on any atom is -0.496 e. The van der Waals surface area contributed by atoms with Crippen molar-refractivity contribution in [1.29, 1.82) is 0 Å². The lowest BCUT2D eigenvalue weighted by atomic mass is 10.2. The molecule has 2 aromatic heterocycles. The molecule has 158 valence electrons. The van der Waals surface area contributed by atoms with E-state index in [1.807, 2.05) is 73.0 Å². The molecule has 0 bridgehead atoms. The zero-order chi connectivity index (χ0) is 22.0. The van der Waals surface area contributed by atoms with Crippen molar-refractivity contribution in [2.75, 3.05) is 7.11 Å². The topological polar surface area (TPSA) is 78.2 Å². The van der Waals surface area contributed by atoms with E-state index in [-0.39, 0.29) is 18.0 Å². The van der Waals surface area contributed by atoms with Crippen LogP contribution in [0, 0.1) is 13.8 Å². The monoisotopic (exact) mass is 416 g/mol. The lowest BCUT2D eigenvalue weighted by Crippen LogP contribution is -2.28. The van der Waals surface area contributed by atoms with Gasteiger partial charge in [0.15, 0.2) is 0 Å². The van der Waals surface area contributed by atoms with Crippen molar-refractivity contribution in [3.8, 4) is 11.4 Å². The van der Waals surface area contributed by atoms with Gasteiger partial charge in [0.25, 0.3) is 5.56 Å². The van der Waals surface area contributed by atoms with E-state index in [2.05, 4.69) is 10.4 Å². The summed E-state index contributed by atoms with van der Waals surface area (Å²) in [5, 5.41) is 8.61. The fourth-order valence-corrected chi connectivity index (χ4v) is 3.84. The van der Waals surface area contributed by atoms with E-state index in [4.69, 9.17) is 4.74 Å². The quantitative estimate of drug-likeness (QED) is 0.524. The van der Waals surface area contributed by atoms with Gasteiger partial charge in [0.1, 0.15) is 12.3 Å². The van der Waals surface area contributed by atoms with Gasteiger partial charge in [-0.2, -0.15) is 9.78 Å². The molecule has 7 nitrogen and oxygen atoms in total. The zero-order valence-electron chi connectivity index (χ0n) is 17.8. The number of benzene rings is 2. The van der Waals surface area contributed by atoms with E-state index < -0.39 is 0 Å². The van der Waals surface area contributed by atoms with Crippen molar-refractivity contribution < 1.29 is 9.53 Å². The molecule has 31 heavy (non-hydrogen) atoms. The van der Waals surface area contributed by atoms with Gasteiger partial charge in [-0.15, -0.1) is 0 Å². The molecule has 0 aliphatic heterocycles. The van der Waals surface area contributed by atoms with Crippen LogP contribution < -0.4 is 15.6 Å². The highest BCUT2D eigenvalue weighted by Crippen LogP contribution is 2.22. The van der Waals surface area contributed by atoms with Crippen LogP contribution in [-0.2, 0) is 17.9 Å². The number of aromatic nitrogens is 3. The molecule has 0 saturated carbocycles. The lowest BCUT2D eigenvalue weighted by Gasteiger charge is -2.12. The average Bonchev–Trinajstić information content (AvgIpc) is 3.04. The summed E-state index contributed by atoms with van der Waals surface area (Å²) in [5.74, 6) is 0.586.